The number of para-hydroxylation sites is 1. The molecular formula is C13H16N2O2S2. The molecule has 2 aromatic rings. The van der Waals surface area contributed by atoms with Crippen molar-refractivity contribution in [3.8, 4) is 0 Å². The Hall–Kier alpha value is -1.37. The zero-order valence-electron chi connectivity index (χ0n) is 10.6. The van der Waals surface area contributed by atoms with Crippen LogP contribution in [0, 0.1) is 0 Å². The summed E-state index contributed by atoms with van der Waals surface area (Å²) in [5, 5.41) is 1.76. The first-order valence-electron chi connectivity index (χ1n) is 5.92. The van der Waals surface area contributed by atoms with Gasteiger partial charge in [0.2, 0.25) is 0 Å². The van der Waals surface area contributed by atoms with E-state index in [1.165, 1.54) is 15.6 Å². The third-order valence-corrected chi connectivity index (χ3v) is 6.14. The molecule has 19 heavy (non-hydrogen) atoms. The lowest BCUT2D eigenvalue weighted by Crippen LogP contribution is -2.30. The van der Waals surface area contributed by atoms with E-state index in [1.54, 1.807) is 23.6 Å². The van der Waals surface area contributed by atoms with Crippen molar-refractivity contribution < 1.29 is 8.42 Å². The molecule has 0 saturated carbocycles. The summed E-state index contributed by atoms with van der Waals surface area (Å²) in [6, 6.07) is 10.7. The Kier molecular flexibility index (Phi) is 4.24. The predicted octanol–water partition coefficient (Wildman–Crippen LogP) is 2.54. The molecule has 0 fully saturated rings. The zero-order valence-corrected chi connectivity index (χ0v) is 12.2. The molecule has 102 valence electrons. The predicted molar refractivity (Wildman–Crippen MR) is 78.4 cm³/mol. The van der Waals surface area contributed by atoms with Gasteiger partial charge in [0, 0.05) is 18.8 Å². The first-order valence-corrected chi connectivity index (χ1v) is 8.24. The summed E-state index contributed by atoms with van der Waals surface area (Å²) in [6.45, 7) is 2.53. The van der Waals surface area contributed by atoms with Gasteiger partial charge in [-0.2, -0.15) is 4.31 Å². The van der Waals surface area contributed by atoms with Gasteiger partial charge >= 0.3 is 0 Å². The average Bonchev–Trinajstić information content (AvgIpc) is 2.92. The summed E-state index contributed by atoms with van der Waals surface area (Å²) in [5.41, 5.74) is 7.30. The molecule has 0 amide bonds. The molecule has 0 atom stereocenters. The molecule has 2 N–H and O–H groups in total. The van der Waals surface area contributed by atoms with Gasteiger partial charge in [-0.1, -0.05) is 31.2 Å². The summed E-state index contributed by atoms with van der Waals surface area (Å²) in [4.78, 5) is 0. The van der Waals surface area contributed by atoms with E-state index >= 15 is 0 Å². The van der Waals surface area contributed by atoms with Gasteiger partial charge in [-0.15, -0.1) is 11.3 Å². The van der Waals surface area contributed by atoms with E-state index in [1.807, 2.05) is 25.1 Å². The molecule has 1 heterocycles. The van der Waals surface area contributed by atoms with Gasteiger partial charge in [-0.25, -0.2) is 8.42 Å². The van der Waals surface area contributed by atoms with Crippen molar-refractivity contribution in [1.82, 2.24) is 4.31 Å². The highest BCUT2D eigenvalue weighted by atomic mass is 32.2. The van der Waals surface area contributed by atoms with Crippen molar-refractivity contribution in [3.63, 3.8) is 0 Å². The highest BCUT2D eigenvalue weighted by Gasteiger charge is 2.24. The molecule has 0 spiro atoms. The Labute approximate surface area is 117 Å². The minimum absolute atomic E-state index is 0.295. The largest absolute Gasteiger partial charge is 0.398 e. The Balaban J connectivity index is 2.29. The number of rotatable bonds is 5. The maximum atomic E-state index is 12.4. The molecular weight excluding hydrogens is 280 g/mol. The van der Waals surface area contributed by atoms with E-state index in [0.717, 1.165) is 5.56 Å². The lowest BCUT2D eigenvalue weighted by atomic mass is 10.2. The molecule has 0 aliphatic rings. The number of anilines is 1. The Morgan fingerprint density at radius 1 is 1.21 bits per heavy atom. The number of nitrogens with zero attached hydrogens (tertiary/aromatic N) is 1. The molecule has 4 nitrogen and oxygen atoms in total. The third kappa shape index (κ3) is 2.97. The maximum absolute atomic E-state index is 12.4. The van der Waals surface area contributed by atoms with Gasteiger partial charge in [0.05, 0.1) is 0 Å². The van der Waals surface area contributed by atoms with Crippen molar-refractivity contribution >= 4 is 27.0 Å². The second-order valence-electron chi connectivity index (χ2n) is 4.06. The Bertz CT molecular complexity index is 636. The molecule has 1 aromatic carbocycles. The zero-order chi connectivity index (χ0) is 13.9. The average molecular weight is 296 g/mol. The summed E-state index contributed by atoms with van der Waals surface area (Å²) >= 11 is 1.23. The number of thiophene rings is 1. The van der Waals surface area contributed by atoms with Crippen molar-refractivity contribution in [1.29, 1.82) is 0 Å². The number of nitrogen functional groups attached to an aromatic ring is 1. The number of benzene rings is 1. The van der Waals surface area contributed by atoms with Crippen molar-refractivity contribution in [3.05, 3.63) is 47.3 Å². The van der Waals surface area contributed by atoms with Crippen LogP contribution in [0.5, 0.6) is 0 Å². The van der Waals surface area contributed by atoms with E-state index in [4.69, 9.17) is 5.73 Å². The SMILES string of the molecule is CCN(Cc1ccccc1N)S(=O)(=O)c1cccs1. The molecule has 0 aliphatic heterocycles. The number of hydrogen-bond donors (Lipinski definition) is 1. The van der Waals surface area contributed by atoms with Gasteiger partial charge < -0.3 is 5.73 Å². The summed E-state index contributed by atoms with van der Waals surface area (Å²) in [5.74, 6) is 0. The van der Waals surface area contributed by atoms with E-state index in [9.17, 15) is 8.42 Å². The van der Waals surface area contributed by atoms with Crippen molar-refractivity contribution in [2.45, 2.75) is 17.7 Å². The number of nitrogens with two attached hydrogens (primary N) is 1. The van der Waals surface area contributed by atoms with Crippen LogP contribution in [-0.4, -0.2) is 19.3 Å². The van der Waals surface area contributed by atoms with Gasteiger partial charge in [0.25, 0.3) is 10.0 Å². The first kappa shape index (κ1) is 14.0. The monoisotopic (exact) mass is 296 g/mol. The number of sulfonamides is 1. The highest BCUT2D eigenvalue weighted by molar-refractivity contribution is 7.91. The minimum atomic E-state index is -3.43. The van der Waals surface area contributed by atoms with Gasteiger partial charge in [0.1, 0.15) is 4.21 Å². The first-order chi connectivity index (χ1) is 9.05. The highest BCUT2D eigenvalue weighted by Crippen LogP contribution is 2.23. The van der Waals surface area contributed by atoms with Crippen LogP contribution in [0.15, 0.2) is 46.0 Å². The summed E-state index contributed by atoms with van der Waals surface area (Å²) in [6.07, 6.45) is 0. The fraction of sp³-hybridized carbons (Fsp3) is 0.231. The topological polar surface area (TPSA) is 63.4 Å². The Morgan fingerprint density at radius 2 is 1.95 bits per heavy atom. The summed E-state index contributed by atoms with van der Waals surface area (Å²) in [7, 11) is -3.43. The fourth-order valence-electron chi connectivity index (χ4n) is 1.77. The van der Waals surface area contributed by atoms with Gasteiger partial charge in [0.15, 0.2) is 0 Å². The second-order valence-corrected chi connectivity index (χ2v) is 7.17. The smallest absolute Gasteiger partial charge is 0.252 e. The van der Waals surface area contributed by atoms with Crippen molar-refractivity contribution in [2.24, 2.45) is 0 Å². The Morgan fingerprint density at radius 3 is 2.53 bits per heavy atom. The standard InChI is InChI=1S/C13H16N2O2S2/c1-2-15(10-11-6-3-4-7-12(11)14)19(16,17)13-8-5-9-18-13/h3-9H,2,10,14H2,1H3. The van der Waals surface area contributed by atoms with Crippen LogP contribution >= 0.6 is 11.3 Å². The van der Waals surface area contributed by atoms with E-state index in [-0.39, 0.29) is 0 Å². The molecule has 1 aromatic heterocycles. The van der Waals surface area contributed by atoms with Crippen LogP contribution in [0.2, 0.25) is 0 Å². The van der Waals surface area contributed by atoms with Gasteiger partial charge in [-0.3, -0.25) is 0 Å². The van der Waals surface area contributed by atoms with Crippen LogP contribution in [0.3, 0.4) is 0 Å². The van der Waals surface area contributed by atoms with E-state index in [2.05, 4.69) is 0 Å². The lowest BCUT2D eigenvalue weighted by molar-refractivity contribution is 0.425. The summed E-state index contributed by atoms with van der Waals surface area (Å²) < 4.78 is 26.7. The van der Waals surface area contributed by atoms with Crippen LogP contribution in [0.25, 0.3) is 0 Å². The molecule has 6 heteroatoms. The lowest BCUT2D eigenvalue weighted by Gasteiger charge is -2.20. The van der Waals surface area contributed by atoms with Crippen molar-refractivity contribution in [2.75, 3.05) is 12.3 Å². The normalized spacial score (nSPS) is 11.9. The molecule has 0 radical (unpaired) electrons. The second kappa shape index (κ2) is 5.73. The van der Waals surface area contributed by atoms with Gasteiger partial charge in [-0.05, 0) is 23.1 Å². The molecule has 0 unspecified atom stereocenters. The quantitative estimate of drug-likeness (QED) is 0.862. The minimum Gasteiger partial charge on any atom is -0.398 e. The fourth-order valence-corrected chi connectivity index (χ4v) is 4.34. The maximum Gasteiger partial charge on any atom is 0.252 e. The van der Waals surface area contributed by atoms with E-state index in [0.29, 0.717) is 23.0 Å². The number of hydrogen-bond acceptors (Lipinski definition) is 4. The van der Waals surface area contributed by atoms with E-state index < -0.39 is 10.0 Å². The van der Waals surface area contributed by atoms with Crippen LogP contribution in [0.1, 0.15) is 12.5 Å². The van der Waals surface area contributed by atoms with Crippen LogP contribution < -0.4 is 5.73 Å². The molecule has 0 bridgehead atoms. The molecule has 0 aliphatic carbocycles. The third-order valence-electron chi connectivity index (χ3n) is 2.84. The van der Waals surface area contributed by atoms with Crippen LogP contribution in [0.4, 0.5) is 5.69 Å². The molecule has 2 rings (SSSR count). The molecule has 0 saturated heterocycles. The van der Waals surface area contributed by atoms with Crippen LogP contribution in [-0.2, 0) is 16.6 Å².